The fourth-order valence-electron chi connectivity index (χ4n) is 3.46. The van der Waals surface area contributed by atoms with Crippen LogP contribution in [0.3, 0.4) is 0 Å². The van der Waals surface area contributed by atoms with Crippen LogP contribution >= 0.6 is 35.5 Å². The Balaban J connectivity index is 0.00000363. The first-order valence-corrected chi connectivity index (χ1v) is 12.9. The van der Waals surface area contributed by atoms with Crippen molar-refractivity contribution in [2.75, 3.05) is 36.8 Å². The van der Waals surface area contributed by atoms with E-state index in [1.165, 1.54) is 16.0 Å². The molecule has 1 heterocycles. The van der Waals surface area contributed by atoms with Gasteiger partial charge >= 0.3 is 0 Å². The van der Waals surface area contributed by atoms with Crippen molar-refractivity contribution in [2.45, 2.75) is 45.4 Å². The Morgan fingerprint density at radius 1 is 1.03 bits per heavy atom. The average Bonchev–Trinajstić information content (AvgIpc) is 3.17. The van der Waals surface area contributed by atoms with Crippen molar-refractivity contribution in [3.63, 3.8) is 0 Å². The maximum Gasteiger partial charge on any atom is 0.228 e. The van der Waals surface area contributed by atoms with Crippen molar-refractivity contribution >= 4 is 56.8 Å². The first-order valence-electron chi connectivity index (χ1n) is 11.1. The van der Waals surface area contributed by atoms with Gasteiger partial charge in [0, 0.05) is 24.4 Å². The molecule has 0 unspecified atom stereocenters. The van der Waals surface area contributed by atoms with E-state index in [0.717, 1.165) is 47.2 Å². The van der Waals surface area contributed by atoms with Crippen LogP contribution in [0.5, 0.6) is 0 Å². The number of anilines is 1. The van der Waals surface area contributed by atoms with Gasteiger partial charge in [-0.15, -0.1) is 24.2 Å². The number of halogens is 1. The summed E-state index contributed by atoms with van der Waals surface area (Å²) in [5.41, 5.74) is 3.49. The SMILES string of the molecule is CCN(CC)CCN(C(=O)CCCSc1ccccc1)c1nc2cc(C)c(C)cc2s1.Cl. The molecule has 0 spiro atoms. The van der Waals surface area contributed by atoms with Gasteiger partial charge in [0.05, 0.1) is 10.2 Å². The zero-order valence-electron chi connectivity index (χ0n) is 19.5. The molecule has 0 bridgehead atoms. The lowest BCUT2D eigenvalue weighted by Gasteiger charge is -2.24. The summed E-state index contributed by atoms with van der Waals surface area (Å²) in [6.45, 7) is 12.1. The minimum atomic E-state index is 0. The number of fused-ring (bicyclic) bond motifs is 1. The number of carbonyl (C=O) groups is 1. The number of benzene rings is 2. The van der Waals surface area contributed by atoms with E-state index >= 15 is 0 Å². The summed E-state index contributed by atoms with van der Waals surface area (Å²) < 4.78 is 1.15. The van der Waals surface area contributed by atoms with Crippen LogP contribution in [0, 0.1) is 13.8 Å². The zero-order chi connectivity index (χ0) is 22.2. The minimum absolute atomic E-state index is 0. The van der Waals surface area contributed by atoms with Crippen molar-refractivity contribution < 1.29 is 4.79 Å². The van der Waals surface area contributed by atoms with Gasteiger partial charge in [-0.05, 0) is 74.5 Å². The molecule has 32 heavy (non-hydrogen) atoms. The number of amides is 1. The van der Waals surface area contributed by atoms with Crippen LogP contribution in [0.2, 0.25) is 0 Å². The third-order valence-electron chi connectivity index (χ3n) is 5.61. The van der Waals surface area contributed by atoms with E-state index in [-0.39, 0.29) is 18.3 Å². The lowest BCUT2D eigenvalue weighted by molar-refractivity contribution is -0.118. The van der Waals surface area contributed by atoms with Crippen LogP contribution < -0.4 is 4.90 Å². The number of likely N-dealkylation sites (N-methyl/N-ethyl adjacent to an activating group) is 1. The summed E-state index contributed by atoms with van der Waals surface area (Å²) in [6, 6.07) is 14.7. The molecule has 0 aliphatic carbocycles. The second kappa shape index (κ2) is 13.2. The normalized spacial score (nSPS) is 11.0. The monoisotopic (exact) mass is 491 g/mol. The quantitative estimate of drug-likeness (QED) is 0.224. The second-order valence-corrected chi connectivity index (χ2v) is 9.92. The molecule has 1 amide bonds. The summed E-state index contributed by atoms with van der Waals surface area (Å²) in [7, 11) is 0. The third kappa shape index (κ3) is 7.20. The average molecular weight is 492 g/mol. The van der Waals surface area contributed by atoms with Gasteiger partial charge in [0.15, 0.2) is 5.13 Å². The van der Waals surface area contributed by atoms with E-state index in [1.54, 1.807) is 11.3 Å². The smallest absolute Gasteiger partial charge is 0.228 e. The molecule has 0 saturated carbocycles. The second-order valence-electron chi connectivity index (χ2n) is 7.74. The number of thioether (sulfide) groups is 1. The van der Waals surface area contributed by atoms with E-state index in [1.807, 2.05) is 22.7 Å². The maximum absolute atomic E-state index is 13.2. The Bertz CT molecular complexity index is 951. The first kappa shape index (κ1) is 26.7. The summed E-state index contributed by atoms with van der Waals surface area (Å²) >= 11 is 3.44. The third-order valence-corrected chi connectivity index (χ3v) is 7.75. The number of thiazole rings is 1. The molecule has 3 aromatic rings. The molecule has 0 atom stereocenters. The van der Waals surface area contributed by atoms with Crippen LogP contribution in [-0.2, 0) is 4.79 Å². The number of aryl methyl sites for hydroxylation is 2. The number of hydrogen-bond acceptors (Lipinski definition) is 5. The van der Waals surface area contributed by atoms with Crippen LogP contribution in [0.4, 0.5) is 5.13 Å². The van der Waals surface area contributed by atoms with Crippen LogP contribution in [0.25, 0.3) is 10.2 Å². The van der Waals surface area contributed by atoms with Crippen molar-refractivity contribution in [3.05, 3.63) is 53.6 Å². The fourth-order valence-corrected chi connectivity index (χ4v) is 5.42. The van der Waals surface area contributed by atoms with Gasteiger partial charge in [-0.25, -0.2) is 4.98 Å². The molecule has 7 heteroatoms. The molecular formula is C25H34ClN3OS2. The molecule has 1 aromatic heterocycles. The van der Waals surface area contributed by atoms with Crippen LogP contribution in [0.15, 0.2) is 47.4 Å². The van der Waals surface area contributed by atoms with E-state index in [9.17, 15) is 4.79 Å². The van der Waals surface area contributed by atoms with Gasteiger partial charge in [-0.3, -0.25) is 9.69 Å². The van der Waals surface area contributed by atoms with Crippen molar-refractivity contribution in [1.29, 1.82) is 0 Å². The highest BCUT2D eigenvalue weighted by Gasteiger charge is 2.20. The van der Waals surface area contributed by atoms with Gasteiger partial charge in [0.2, 0.25) is 5.91 Å². The van der Waals surface area contributed by atoms with Crippen LogP contribution in [0.1, 0.15) is 37.8 Å². The van der Waals surface area contributed by atoms with Gasteiger partial charge in [-0.2, -0.15) is 0 Å². The lowest BCUT2D eigenvalue weighted by atomic mass is 10.1. The summed E-state index contributed by atoms with van der Waals surface area (Å²) in [5, 5.41) is 0.827. The Morgan fingerprint density at radius 2 is 1.72 bits per heavy atom. The highest BCUT2D eigenvalue weighted by Crippen LogP contribution is 2.31. The Morgan fingerprint density at radius 3 is 2.41 bits per heavy atom. The summed E-state index contributed by atoms with van der Waals surface area (Å²) in [5.74, 6) is 1.12. The van der Waals surface area contributed by atoms with E-state index in [2.05, 4.69) is 69.0 Å². The first-order chi connectivity index (χ1) is 15.0. The lowest BCUT2D eigenvalue weighted by Crippen LogP contribution is -2.38. The van der Waals surface area contributed by atoms with Gasteiger partial charge in [0.1, 0.15) is 0 Å². The van der Waals surface area contributed by atoms with E-state index < -0.39 is 0 Å². The largest absolute Gasteiger partial charge is 0.302 e. The van der Waals surface area contributed by atoms with Gasteiger partial charge in [0.25, 0.3) is 0 Å². The number of rotatable bonds is 11. The molecule has 0 aliphatic heterocycles. The molecule has 2 aromatic carbocycles. The molecule has 0 saturated heterocycles. The molecule has 174 valence electrons. The van der Waals surface area contributed by atoms with Crippen molar-refractivity contribution in [3.8, 4) is 0 Å². The topological polar surface area (TPSA) is 36.4 Å². The molecule has 0 fully saturated rings. The Hall–Kier alpha value is -1.60. The minimum Gasteiger partial charge on any atom is -0.302 e. The number of carbonyl (C=O) groups excluding carboxylic acids is 1. The molecule has 0 radical (unpaired) electrons. The van der Waals surface area contributed by atoms with Gasteiger partial charge < -0.3 is 4.90 Å². The zero-order valence-corrected chi connectivity index (χ0v) is 21.9. The van der Waals surface area contributed by atoms with Crippen molar-refractivity contribution in [2.24, 2.45) is 0 Å². The Labute approximate surface area is 206 Å². The molecule has 4 nitrogen and oxygen atoms in total. The predicted octanol–water partition coefficient (Wildman–Crippen LogP) is 6.58. The molecular weight excluding hydrogens is 458 g/mol. The highest BCUT2D eigenvalue weighted by molar-refractivity contribution is 7.99. The number of hydrogen-bond donors (Lipinski definition) is 0. The summed E-state index contributed by atoms with van der Waals surface area (Å²) in [6.07, 6.45) is 1.41. The van der Waals surface area contributed by atoms with E-state index in [0.29, 0.717) is 13.0 Å². The van der Waals surface area contributed by atoms with Crippen molar-refractivity contribution in [1.82, 2.24) is 9.88 Å². The fraction of sp³-hybridized carbons (Fsp3) is 0.440. The highest BCUT2D eigenvalue weighted by atomic mass is 35.5. The molecule has 0 aliphatic rings. The summed E-state index contributed by atoms with van der Waals surface area (Å²) in [4.78, 5) is 23.6. The van der Waals surface area contributed by atoms with Crippen LogP contribution in [-0.4, -0.2) is 47.7 Å². The standard InChI is InChI=1S/C25H33N3OS2.ClH/c1-5-27(6-2)14-15-28(24(29)13-10-16-30-21-11-8-7-9-12-21)25-26-22-17-19(3)20(4)18-23(22)31-25;/h7-9,11-12,17-18H,5-6,10,13-16H2,1-4H3;1H. The number of nitrogens with zero attached hydrogens (tertiary/aromatic N) is 3. The molecule has 0 N–H and O–H groups in total. The van der Waals surface area contributed by atoms with E-state index in [4.69, 9.17) is 4.98 Å². The molecule has 3 rings (SSSR count). The maximum atomic E-state index is 13.2. The Kier molecular flexibility index (Phi) is 11.0. The number of aromatic nitrogens is 1. The van der Waals surface area contributed by atoms with Gasteiger partial charge in [-0.1, -0.05) is 43.4 Å². The predicted molar refractivity (Wildman–Crippen MR) is 143 cm³/mol.